The Hall–Kier alpha value is -6.55. The van der Waals surface area contributed by atoms with Crippen molar-refractivity contribution in [3.05, 3.63) is 149 Å². The van der Waals surface area contributed by atoms with E-state index in [1.54, 1.807) is 31.4 Å². The van der Waals surface area contributed by atoms with E-state index in [-0.39, 0.29) is 22.9 Å². The van der Waals surface area contributed by atoms with Crippen LogP contribution in [0.15, 0.2) is 126 Å². The van der Waals surface area contributed by atoms with Crippen LogP contribution < -0.4 is 15.6 Å². The Balaban J connectivity index is 1.42. The second kappa shape index (κ2) is 11.1. The van der Waals surface area contributed by atoms with Gasteiger partial charge in [-0.25, -0.2) is 14.6 Å². The van der Waals surface area contributed by atoms with Gasteiger partial charge in [0.2, 0.25) is 0 Å². The predicted octanol–water partition coefficient (Wildman–Crippen LogP) is 6.39. The zero-order chi connectivity index (χ0) is 32.1. The molecule has 8 rings (SSSR count). The van der Waals surface area contributed by atoms with Crippen molar-refractivity contribution in [1.82, 2.24) is 24.1 Å². The number of rotatable bonds is 5. The van der Waals surface area contributed by atoms with Gasteiger partial charge in [0.05, 0.1) is 24.1 Å². The Labute approximate surface area is 268 Å². The van der Waals surface area contributed by atoms with E-state index in [0.29, 0.717) is 39.9 Å². The normalized spacial score (nSPS) is 13.8. The van der Waals surface area contributed by atoms with E-state index in [9.17, 15) is 15.3 Å². The van der Waals surface area contributed by atoms with Crippen LogP contribution in [-0.4, -0.2) is 42.2 Å². The first kappa shape index (κ1) is 28.0. The van der Waals surface area contributed by atoms with E-state index in [2.05, 4.69) is 5.32 Å². The van der Waals surface area contributed by atoms with Crippen LogP contribution >= 0.6 is 0 Å². The molecule has 7 aromatic rings. The number of ether oxygens (including phenoxy) is 1. The molecule has 4 aromatic carbocycles. The fraction of sp³-hybridized carbons (Fsp3) is 0.0541. The molecule has 0 spiro atoms. The SMILES string of the molecule is COc1ccc(-c2cc(-c3ccc(O)cc3)nc3c2C(=N)n2c(nc4nc(-c5ccccc5)cc(=O)n42)C(c2ccccc2)N3)cc1. The first-order valence-electron chi connectivity index (χ1n) is 15.0. The molecule has 0 radical (unpaired) electrons. The molecule has 0 aliphatic carbocycles. The summed E-state index contributed by atoms with van der Waals surface area (Å²) in [5.41, 5.74) is 5.22. The molecular formula is C37H27N7O3. The average Bonchev–Trinajstić information content (AvgIpc) is 3.46. The number of phenolic OH excluding ortho intramolecular Hbond substituents is 1. The summed E-state index contributed by atoms with van der Waals surface area (Å²) < 4.78 is 8.30. The minimum Gasteiger partial charge on any atom is -0.508 e. The van der Waals surface area contributed by atoms with Crippen LogP contribution in [0.1, 0.15) is 23.0 Å². The van der Waals surface area contributed by atoms with Crippen LogP contribution in [0.5, 0.6) is 11.5 Å². The highest BCUT2D eigenvalue weighted by Crippen LogP contribution is 2.39. The second-order valence-corrected chi connectivity index (χ2v) is 11.1. The maximum absolute atomic E-state index is 13.9. The topological polar surface area (TPSA) is 130 Å². The molecule has 0 saturated heterocycles. The van der Waals surface area contributed by atoms with Crippen molar-refractivity contribution in [2.45, 2.75) is 6.04 Å². The number of pyridine rings is 1. The molecule has 10 nitrogen and oxygen atoms in total. The van der Waals surface area contributed by atoms with Gasteiger partial charge >= 0.3 is 0 Å². The molecule has 3 N–H and O–H groups in total. The number of phenols is 1. The Morgan fingerprint density at radius 3 is 2.11 bits per heavy atom. The quantitative estimate of drug-likeness (QED) is 0.204. The molecule has 1 atom stereocenters. The summed E-state index contributed by atoms with van der Waals surface area (Å²) >= 11 is 0. The number of hydrogen-bond acceptors (Lipinski definition) is 8. The molecule has 1 unspecified atom stereocenters. The predicted molar refractivity (Wildman–Crippen MR) is 180 cm³/mol. The third-order valence-corrected chi connectivity index (χ3v) is 8.28. The van der Waals surface area contributed by atoms with Crippen LogP contribution in [0, 0.1) is 5.41 Å². The Morgan fingerprint density at radius 1 is 0.766 bits per heavy atom. The zero-order valence-electron chi connectivity index (χ0n) is 25.1. The van der Waals surface area contributed by atoms with Gasteiger partial charge in [0.15, 0.2) is 11.7 Å². The van der Waals surface area contributed by atoms with Crippen LogP contribution in [0.4, 0.5) is 5.82 Å². The van der Waals surface area contributed by atoms with Gasteiger partial charge in [-0.05, 0) is 59.2 Å². The number of aromatic nitrogens is 5. The summed E-state index contributed by atoms with van der Waals surface area (Å²) in [6, 6.07) is 36.4. The molecule has 1 aliphatic rings. The number of nitrogens with one attached hydrogen (secondary N) is 2. The van der Waals surface area contributed by atoms with Gasteiger partial charge in [0.1, 0.15) is 23.4 Å². The lowest BCUT2D eigenvalue weighted by atomic mass is 9.97. The molecule has 1 aliphatic heterocycles. The second-order valence-electron chi connectivity index (χ2n) is 11.1. The van der Waals surface area contributed by atoms with Crippen LogP contribution in [-0.2, 0) is 0 Å². The van der Waals surface area contributed by atoms with Gasteiger partial charge in [0, 0.05) is 17.2 Å². The molecule has 47 heavy (non-hydrogen) atoms. The Bertz CT molecular complexity index is 2350. The van der Waals surface area contributed by atoms with E-state index in [4.69, 9.17) is 19.7 Å². The fourth-order valence-electron chi connectivity index (χ4n) is 5.99. The van der Waals surface area contributed by atoms with E-state index in [1.807, 2.05) is 91.0 Å². The molecule has 0 fully saturated rings. The Morgan fingerprint density at radius 2 is 1.40 bits per heavy atom. The van der Waals surface area contributed by atoms with Gasteiger partial charge in [-0.2, -0.15) is 9.50 Å². The van der Waals surface area contributed by atoms with Crippen molar-refractivity contribution < 1.29 is 9.84 Å². The number of nitrogens with zero attached hydrogens (tertiary/aromatic N) is 5. The van der Waals surface area contributed by atoms with Crippen molar-refractivity contribution in [3.8, 4) is 45.1 Å². The lowest BCUT2D eigenvalue weighted by Gasteiger charge is -2.19. The molecule has 228 valence electrons. The molecule has 3 aromatic heterocycles. The highest BCUT2D eigenvalue weighted by molar-refractivity contribution is 6.09. The molecular weight excluding hydrogens is 590 g/mol. The smallest absolute Gasteiger partial charge is 0.275 e. The molecule has 10 heteroatoms. The lowest BCUT2D eigenvalue weighted by Crippen LogP contribution is -2.28. The van der Waals surface area contributed by atoms with Gasteiger partial charge in [-0.3, -0.25) is 10.2 Å². The molecule has 4 heterocycles. The summed E-state index contributed by atoms with van der Waals surface area (Å²) in [7, 11) is 1.61. The summed E-state index contributed by atoms with van der Waals surface area (Å²) in [5, 5.41) is 23.3. The number of fused-ring (bicyclic) bond motifs is 4. The third-order valence-electron chi connectivity index (χ3n) is 8.28. The van der Waals surface area contributed by atoms with Gasteiger partial charge in [0.25, 0.3) is 11.3 Å². The average molecular weight is 618 g/mol. The molecule has 0 amide bonds. The number of methoxy groups -OCH3 is 1. The largest absolute Gasteiger partial charge is 0.508 e. The van der Waals surface area contributed by atoms with Crippen LogP contribution in [0.2, 0.25) is 0 Å². The maximum Gasteiger partial charge on any atom is 0.275 e. The van der Waals surface area contributed by atoms with Crippen molar-refractivity contribution in [3.63, 3.8) is 0 Å². The minimum atomic E-state index is -0.592. The highest BCUT2D eigenvalue weighted by atomic mass is 16.5. The number of benzene rings is 4. The van der Waals surface area contributed by atoms with Crippen molar-refractivity contribution in [1.29, 1.82) is 5.41 Å². The van der Waals surface area contributed by atoms with E-state index in [1.165, 1.54) is 15.3 Å². The zero-order valence-corrected chi connectivity index (χ0v) is 25.1. The van der Waals surface area contributed by atoms with Crippen molar-refractivity contribution in [2.24, 2.45) is 0 Å². The number of hydrogen-bond donors (Lipinski definition) is 3. The summed E-state index contributed by atoms with van der Waals surface area (Å²) in [6.45, 7) is 0. The van der Waals surface area contributed by atoms with Crippen LogP contribution in [0.3, 0.4) is 0 Å². The summed E-state index contributed by atoms with van der Waals surface area (Å²) in [5.74, 6) is 1.90. The summed E-state index contributed by atoms with van der Waals surface area (Å²) in [4.78, 5) is 28.6. The van der Waals surface area contributed by atoms with Gasteiger partial charge in [-0.15, -0.1) is 0 Å². The first-order chi connectivity index (χ1) is 23.0. The monoisotopic (exact) mass is 617 g/mol. The van der Waals surface area contributed by atoms with E-state index < -0.39 is 6.04 Å². The number of anilines is 1. The lowest BCUT2D eigenvalue weighted by molar-refractivity contribution is 0.415. The van der Waals surface area contributed by atoms with E-state index >= 15 is 0 Å². The van der Waals surface area contributed by atoms with Gasteiger partial charge < -0.3 is 15.2 Å². The molecule has 0 bridgehead atoms. The van der Waals surface area contributed by atoms with Gasteiger partial charge in [-0.1, -0.05) is 72.8 Å². The fourth-order valence-corrected chi connectivity index (χ4v) is 5.99. The number of aromatic hydroxyl groups is 1. The van der Waals surface area contributed by atoms with E-state index in [0.717, 1.165) is 22.3 Å². The Kier molecular flexibility index (Phi) is 6.61. The maximum atomic E-state index is 13.9. The summed E-state index contributed by atoms with van der Waals surface area (Å²) in [6.07, 6.45) is 0. The minimum absolute atomic E-state index is 0.00960. The third kappa shape index (κ3) is 4.79. The van der Waals surface area contributed by atoms with Crippen molar-refractivity contribution in [2.75, 3.05) is 12.4 Å². The highest BCUT2D eigenvalue weighted by Gasteiger charge is 2.34. The first-order valence-corrected chi connectivity index (χ1v) is 15.0. The van der Waals surface area contributed by atoms with Crippen LogP contribution in [0.25, 0.3) is 39.4 Å². The van der Waals surface area contributed by atoms with Crippen molar-refractivity contribution >= 4 is 17.4 Å². The standard InChI is InChI=1S/C37H27N7O3/c1-47-27-18-14-22(15-19-27)28-20-29(24-12-16-26(45)17-13-24)39-35-32(28)34(38)44-36(33(41-35)25-10-6-3-7-11-25)42-37-40-30(21-31(46)43(37)44)23-8-4-2-5-9-23/h2-21,33,38,45H,1H3,(H,39,41). The molecule has 0 saturated carbocycles.